The largest absolute Gasteiger partial charge is 0.493 e. The van der Waals surface area contributed by atoms with Crippen molar-refractivity contribution in [2.45, 2.75) is 0 Å². The van der Waals surface area contributed by atoms with E-state index in [0.717, 1.165) is 9.26 Å². The van der Waals surface area contributed by atoms with Gasteiger partial charge in [-0.05, 0) is 76.2 Å². The van der Waals surface area contributed by atoms with Gasteiger partial charge in [0, 0.05) is 19.8 Å². The zero-order valence-electron chi connectivity index (χ0n) is 20.7. The minimum atomic E-state index is -0.608. The number of nitrogens with one attached hydrogen (secondary N) is 2. The van der Waals surface area contributed by atoms with Crippen molar-refractivity contribution in [2.75, 3.05) is 33.2 Å². The summed E-state index contributed by atoms with van der Waals surface area (Å²) in [6.45, 7) is 0. The number of benzene rings is 3. The second-order valence-electron chi connectivity index (χ2n) is 7.92. The monoisotopic (exact) mass is 632 g/mol. The molecule has 0 spiro atoms. The van der Waals surface area contributed by atoms with Gasteiger partial charge in [-0.25, -0.2) is 5.43 Å². The van der Waals surface area contributed by atoms with Gasteiger partial charge in [-0.3, -0.25) is 9.59 Å². The molecule has 0 aliphatic heterocycles. The van der Waals surface area contributed by atoms with Crippen LogP contribution in [0.15, 0.2) is 71.5 Å². The van der Waals surface area contributed by atoms with Crippen molar-refractivity contribution < 1.29 is 19.1 Å². The Morgan fingerprint density at radius 2 is 1.70 bits per heavy atom. The molecule has 0 atom stereocenters. The molecule has 0 saturated carbocycles. The average Bonchev–Trinajstić information content (AvgIpc) is 2.88. The molecule has 192 valence electrons. The third-order valence-electron chi connectivity index (χ3n) is 5.17. The number of carbonyl (C=O) groups excluding carboxylic acids is 2. The van der Waals surface area contributed by atoms with Crippen LogP contribution in [-0.2, 0) is 4.79 Å². The van der Waals surface area contributed by atoms with E-state index in [4.69, 9.17) is 21.1 Å². The number of amides is 2. The Bertz CT molecular complexity index is 1340. The third kappa shape index (κ3) is 7.46. The molecule has 0 unspecified atom stereocenters. The molecule has 10 heteroatoms. The van der Waals surface area contributed by atoms with Gasteiger partial charge in [0.05, 0.1) is 34.6 Å². The Balaban J connectivity index is 1.86. The first-order valence-corrected chi connectivity index (χ1v) is 12.5. The summed E-state index contributed by atoms with van der Waals surface area (Å²) in [6, 6.07) is 17.7. The Morgan fingerprint density at radius 3 is 2.32 bits per heavy atom. The summed E-state index contributed by atoms with van der Waals surface area (Å²) in [5.74, 6) is 0.0202. The number of nitrogens with zero attached hydrogens (tertiary/aromatic N) is 2. The zero-order valence-corrected chi connectivity index (χ0v) is 23.6. The number of carbonyl (C=O) groups is 2. The Morgan fingerprint density at radius 1 is 1.00 bits per heavy atom. The molecular formula is C27H26ClIN4O4. The Labute approximate surface area is 234 Å². The molecule has 3 rings (SSSR count). The van der Waals surface area contributed by atoms with Gasteiger partial charge in [-0.1, -0.05) is 35.9 Å². The summed E-state index contributed by atoms with van der Waals surface area (Å²) in [5, 5.41) is 6.99. The van der Waals surface area contributed by atoms with E-state index in [9.17, 15) is 9.59 Å². The maximum atomic E-state index is 13.1. The SMILES string of the molecule is COc1cc(/C=N\NC(=O)/C(=C\c2ccc(N(C)C)cc2)NC(=O)c2ccccc2Cl)cc(I)c1OC. The van der Waals surface area contributed by atoms with E-state index >= 15 is 0 Å². The van der Waals surface area contributed by atoms with Crippen molar-refractivity contribution in [3.8, 4) is 11.5 Å². The van der Waals surface area contributed by atoms with Crippen LogP contribution in [-0.4, -0.2) is 46.3 Å². The maximum absolute atomic E-state index is 13.1. The van der Waals surface area contributed by atoms with Crippen LogP contribution in [0, 0.1) is 3.57 Å². The van der Waals surface area contributed by atoms with Gasteiger partial charge in [-0.15, -0.1) is 0 Å². The lowest BCUT2D eigenvalue weighted by Crippen LogP contribution is -2.33. The Kier molecular flexibility index (Phi) is 9.93. The summed E-state index contributed by atoms with van der Waals surface area (Å²) >= 11 is 8.30. The van der Waals surface area contributed by atoms with E-state index in [2.05, 4.69) is 38.4 Å². The van der Waals surface area contributed by atoms with E-state index in [0.29, 0.717) is 22.6 Å². The number of methoxy groups -OCH3 is 2. The number of hydrazone groups is 1. The van der Waals surface area contributed by atoms with Crippen LogP contribution in [0.5, 0.6) is 11.5 Å². The van der Waals surface area contributed by atoms with Crippen molar-refractivity contribution in [2.24, 2.45) is 5.10 Å². The van der Waals surface area contributed by atoms with Crippen molar-refractivity contribution in [1.29, 1.82) is 0 Å². The van der Waals surface area contributed by atoms with Crippen molar-refractivity contribution in [3.05, 3.63) is 91.6 Å². The van der Waals surface area contributed by atoms with Gasteiger partial charge in [0.1, 0.15) is 5.70 Å². The first-order valence-electron chi connectivity index (χ1n) is 11.0. The first-order chi connectivity index (χ1) is 17.7. The van der Waals surface area contributed by atoms with Crippen LogP contribution in [0.25, 0.3) is 6.08 Å². The van der Waals surface area contributed by atoms with Crippen LogP contribution in [0.4, 0.5) is 5.69 Å². The van der Waals surface area contributed by atoms with Crippen LogP contribution in [0.1, 0.15) is 21.5 Å². The van der Waals surface area contributed by atoms with Crippen molar-refractivity contribution in [3.63, 3.8) is 0 Å². The number of hydrogen-bond acceptors (Lipinski definition) is 6. The normalized spacial score (nSPS) is 11.2. The number of halogens is 2. The van der Waals surface area contributed by atoms with Gasteiger partial charge in [0.25, 0.3) is 11.8 Å². The maximum Gasteiger partial charge on any atom is 0.287 e. The van der Waals surface area contributed by atoms with Gasteiger partial charge in [0.2, 0.25) is 0 Å². The molecule has 37 heavy (non-hydrogen) atoms. The minimum absolute atomic E-state index is 0.00145. The molecule has 0 radical (unpaired) electrons. The molecule has 0 aliphatic carbocycles. The molecule has 0 aromatic heterocycles. The fourth-order valence-electron chi connectivity index (χ4n) is 3.27. The second kappa shape index (κ2) is 13.1. The van der Waals surface area contributed by atoms with Crippen LogP contribution >= 0.6 is 34.2 Å². The molecule has 8 nitrogen and oxygen atoms in total. The number of ether oxygens (including phenoxy) is 2. The molecule has 0 saturated heterocycles. The van der Waals surface area contributed by atoms with E-state index in [-0.39, 0.29) is 16.3 Å². The van der Waals surface area contributed by atoms with Gasteiger partial charge in [0.15, 0.2) is 11.5 Å². The molecule has 0 fully saturated rings. The molecule has 3 aromatic rings. The lowest BCUT2D eigenvalue weighted by molar-refractivity contribution is -0.117. The second-order valence-corrected chi connectivity index (χ2v) is 9.48. The number of hydrogen-bond donors (Lipinski definition) is 2. The van der Waals surface area contributed by atoms with Gasteiger partial charge < -0.3 is 19.7 Å². The van der Waals surface area contributed by atoms with E-state index < -0.39 is 11.8 Å². The lowest BCUT2D eigenvalue weighted by atomic mass is 10.1. The fraction of sp³-hybridized carbons (Fsp3) is 0.148. The highest BCUT2D eigenvalue weighted by Crippen LogP contribution is 2.33. The summed E-state index contributed by atoms with van der Waals surface area (Å²) < 4.78 is 11.5. The summed E-state index contributed by atoms with van der Waals surface area (Å²) in [7, 11) is 6.98. The smallest absolute Gasteiger partial charge is 0.287 e. The molecule has 0 aliphatic rings. The predicted molar refractivity (Wildman–Crippen MR) is 156 cm³/mol. The summed E-state index contributed by atoms with van der Waals surface area (Å²) in [5.41, 5.74) is 5.12. The zero-order chi connectivity index (χ0) is 26.9. The molecule has 2 N–H and O–H groups in total. The highest BCUT2D eigenvalue weighted by atomic mass is 127. The molecular weight excluding hydrogens is 607 g/mol. The third-order valence-corrected chi connectivity index (χ3v) is 6.30. The highest BCUT2D eigenvalue weighted by Gasteiger charge is 2.16. The van der Waals surface area contributed by atoms with Gasteiger partial charge >= 0.3 is 0 Å². The summed E-state index contributed by atoms with van der Waals surface area (Å²) in [4.78, 5) is 27.9. The van der Waals surface area contributed by atoms with E-state index in [1.165, 1.54) is 6.21 Å². The molecule has 0 heterocycles. The highest BCUT2D eigenvalue weighted by molar-refractivity contribution is 14.1. The molecule has 2 amide bonds. The first kappa shape index (κ1) is 28.0. The van der Waals surface area contributed by atoms with E-state index in [1.807, 2.05) is 49.3 Å². The number of anilines is 1. The minimum Gasteiger partial charge on any atom is -0.493 e. The number of rotatable bonds is 9. The van der Waals surface area contributed by atoms with Crippen LogP contribution < -0.4 is 25.1 Å². The van der Waals surface area contributed by atoms with Gasteiger partial charge in [-0.2, -0.15) is 5.10 Å². The lowest BCUT2D eigenvalue weighted by Gasteiger charge is -2.13. The van der Waals surface area contributed by atoms with Crippen molar-refractivity contribution >= 4 is 64.0 Å². The van der Waals surface area contributed by atoms with Crippen LogP contribution in [0.2, 0.25) is 5.02 Å². The molecule has 0 bridgehead atoms. The Hall–Kier alpha value is -3.57. The van der Waals surface area contributed by atoms with Crippen LogP contribution in [0.3, 0.4) is 0 Å². The van der Waals surface area contributed by atoms with Crippen molar-refractivity contribution in [1.82, 2.24) is 10.7 Å². The topological polar surface area (TPSA) is 92.3 Å². The molecule has 3 aromatic carbocycles. The van der Waals surface area contributed by atoms with E-state index in [1.54, 1.807) is 50.6 Å². The predicted octanol–water partition coefficient (Wildman–Crippen LogP) is 4.95. The quantitative estimate of drug-likeness (QED) is 0.151. The average molecular weight is 633 g/mol. The fourth-order valence-corrected chi connectivity index (χ4v) is 4.33. The summed E-state index contributed by atoms with van der Waals surface area (Å²) in [6.07, 6.45) is 3.04. The standard InChI is InChI=1S/C27H26ClIN4O4/c1-33(2)19-11-9-17(10-12-19)14-23(31-26(34)20-7-5-6-8-21(20)28)27(35)32-30-16-18-13-22(29)25(37-4)24(15-18)36-3/h5-16H,1-4H3,(H,31,34)(H,32,35)/b23-14+,30-16-.